The van der Waals surface area contributed by atoms with Gasteiger partial charge in [0.2, 0.25) is 0 Å². The van der Waals surface area contributed by atoms with Crippen LogP contribution in [0.5, 0.6) is 0 Å². The van der Waals surface area contributed by atoms with Gasteiger partial charge in [-0.15, -0.1) is 11.6 Å². The van der Waals surface area contributed by atoms with Crippen molar-refractivity contribution in [1.29, 1.82) is 0 Å². The van der Waals surface area contributed by atoms with Gasteiger partial charge in [0, 0.05) is 25.5 Å². The highest BCUT2D eigenvalue weighted by Gasteiger charge is 2.03. The molecule has 0 saturated heterocycles. The maximum Gasteiger partial charge on any atom is 0.160 e. The van der Waals surface area contributed by atoms with E-state index in [0.717, 1.165) is 12.8 Å². The zero-order chi connectivity index (χ0) is 9.94. The molecule has 0 amide bonds. The lowest BCUT2D eigenvalue weighted by Crippen LogP contribution is -2.16. The number of allylic oxidation sites excluding steroid dienone is 1. The molecule has 0 bridgehead atoms. The molecule has 0 aromatic carbocycles. The molecule has 0 radical (unpaired) electrons. The van der Waals surface area contributed by atoms with Crippen LogP contribution in [0.2, 0.25) is 0 Å². The zero-order valence-corrected chi connectivity index (χ0v) is 9.22. The molecule has 0 saturated carbocycles. The molecule has 0 rings (SSSR count). The van der Waals surface area contributed by atoms with Gasteiger partial charge in [-0.3, -0.25) is 0 Å². The van der Waals surface area contributed by atoms with Gasteiger partial charge in [0.1, 0.15) is 0 Å². The molecule has 3 heteroatoms. The smallest absolute Gasteiger partial charge is 0.160 e. The highest BCUT2D eigenvalue weighted by Crippen LogP contribution is 2.02. The first-order chi connectivity index (χ1) is 6.35. The van der Waals surface area contributed by atoms with Crippen molar-refractivity contribution in [3.63, 3.8) is 0 Å². The predicted octanol–water partition coefficient (Wildman–Crippen LogP) is 2.96. The Balaban J connectivity index is 3.54. The maximum absolute atomic E-state index is 5.53. The monoisotopic (exact) mass is 206 g/mol. The lowest BCUT2D eigenvalue weighted by Gasteiger charge is -2.14. The van der Waals surface area contributed by atoms with Crippen molar-refractivity contribution in [2.45, 2.75) is 33.0 Å². The van der Waals surface area contributed by atoms with Gasteiger partial charge < -0.3 is 9.47 Å². The summed E-state index contributed by atoms with van der Waals surface area (Å²) >= 11 is 5.53. The number of hydrogen-bond donors (Lipinski definition) is 0. The molecule has 0 aromatic heterocycles. The highest BCUT2D eigenvalue weighted by molar-refractivity contribution is 6.17. The topological polar surface area (TPSA) is 18.5 Å². The molecule has 0 aromatic rings. The van der Waals surface area contributed by atoms with E-state index < -0.39 is 0 Å². The van der Waals surface area contributed by atoms with E-state index in [-0.39, 0.29) is 6.29 Å². The molecule has 0 N–H and O–H groups in total. The largest absolute Gasteiger partial charge is 0.353 e. The molecule has 0 atom stereocenters. The molecule has 2 nitrogen and oxygen atoms in total. The van der Waals surface area contributed by atoms with Crippen molar-refractivity contribution in [1.82, 2.24) is 0 Å². The SMILES string of the molecule is CCOC(C/C=C/CCCl)OCC. The van der Waals surface area contributed by atoms with Gasteiger partial charge in [-0.2, -0.15) is 0 Å². The third-order valence-electron chi connectivity index (χ3n) is 1.48. The average molecular weight is 207 g/mol. The molecule has 13 heavy (non-hydrogen) atoms. The van der Waals surface area contributed by atoms with Gasteiger partial charge >= 0.3 is 0 Å². The van der Waals surface area contributed by atoms with Crippen molar-refractivity contribution >= 4 is 11.6 Å². The Morgan fingerprint density at radius 3 is 2.23 bits per heavy atom. The van der Waals surface area contributed by atoms with Crippen molar-refractivity contribution in [3.8, 4) is 0 Å². The van der Waals surface area contributed by atoms with Crippen LogP contribution in [-0.4, -0.2) is 25.4 Å². The summed E-state index contributed by atoms with van der Waals surface area (Å²) in [5, 5.41) is 0. The van der Waals surface area contributed by atoms with E-state index in [9.17, 15) is 0 Å². The molecule has 0 spiro atoms. The first-order valence-corrected chi connectivity index (χ1v) is 5.32. The summed E-state index contributed by atoms with van der Waals surface area (Å²) in [6.45, 7) is 5.31. The van der Waals surface area contributed by atoms with E-state index in [1.54, 1.807) is 0 Å². The molecule has 0 fully saturated rings. The third-order valence-corrected chi connectivity index (χ3v) is 1.69. The van der Waals surface area contributed by atoms with Crippen LogP contribution < -0.4 is 0 Å². The number of alkyl halides is 1. The van der Waals surface area contributed by atoms with Crippen LogP contribution >= 0.6 is 11.6 Å². The van der Waals surface area contributed by atoms with E-state index >= 15 is 0 Å². The summed E-state index contributed by atoms with van der Waals surface area (Å²) in [5.74, 6) is 0.671. The van der Waals surface area contributed by atoms with Crippen LogP contribution in [0.3, 0.4) is 0 Å². The Morgan fingerprint density at radius 2 is 1.77 bits per heavy atom. The highest BCUT2D eigenvalue weighted by atomic mass is 35.5. The molecular weight excluding hydrogens is 188 g/mol. The van der Waals surface area contributed by atoms with Gasteiger partial charge in [-0.1, -0.05) is 12.2 Å². The minimum atomic E-state index is -0.0958. The fourth-order valence-corrected chi connectivity index (χ4v) is 1.07. The fourth-order valence-electron chi connectivity index (χ4n) is 0.944. The van der Waals surface area contributed by atoms with E-state index in [0.29, 0.717) is 19.1 Å². The van der Waals surface area contributed by atoms with Gasteiger partial charge in [-0.25, -0.2) is 0 Å². The summed E-state index contributed by atoms with van der Waals surface area (Å²) in [4.78, 5) is 0. The van der Waals surface area contributed by atoms with Crippen molar-refractivity contribution in [3.05, 3.63) is 12.2 Å². The van der Waals surface area contributed by atoms with Crippen molar-refractivity contribution in [2.75, 3.05) is 19.1 Å². The standard InChI is InChI=1S/C10H19ClO2/c1-3-12-10(13-4-2)8-6-5-7-9-11/h5-6,10H,3-4,7-9H2,1-2H3/b6-5+. The Labute approximate surface area is 85.9 Å². The molecule has 0 unspecified atom stereocenters. The normalized spacial score (nSPS) is 11.7. The fraction of sp³-hybridized carbons (Fsp3) is 0.800. The van der Waals surface area contributed by atoms with E-state index in [2.05, 4.69) is 12.2 Å². The molecule has 78 valence electrons. The summed E-state index contributed by atoms with van der Waals surface area (Å²) < 4.78 is 10.7. The Kier molecular flexibility index (Phi) is 10.00. The second-order valence-corrected chi connectivity index (χ2v) is 2.90. The van der Waals surface area contributed by atoms with Crippen molar-refractivity contribution in [2.24, 2.45) is 0 Å². The number of halogens is 1. The van der Waals surface area contributed by atoms with E-state index in [1.165, 1.54) is 0 Å². The number of ether oxygens (including phenoxy) is 2. The Morgan fingerprint density at radius 1 is 1.15 bits per heavy atom. The minimum Gasteiger partial charge on any atom is -0.353 e. The summed E-state index contributed by atoms with van der Waals surface area (Å²) in [7, 11) is 0. The van der Waals surface area contributed by atoms with Gasteiger partial charge in [0.15, 0.2) is 6.29 Å². The van der Waals surface area contributed by atoms with Crippen molar-refractivity contribution < 1.29 is 9.47 Å². The summed E-state index contributed by atoms with van der Waals surface area (Å²) in [6, 6.07) is 0. The molecule has 0 heterocycles. The summed E-state index contributed by atoms with van der Waals surface area (Å²) in [6.07, 6.45) is 5.73. The van der Waals surface area contributed by atoms with Gasteiger partial charge in [-0.05, 0) is 20.3 Å². The van der Waals surface area contributed by atoms with Crippen LogP contribution in [0, 0.1) is 0 Å². The van der Waals surface area contributed by atoms with Crippen LogP contribution in [0.15, 0.2) is 12.2 Å². The summed E-state index contributed by atoms with van der Waals surface area (Å²) in [5.41, 5.74) is 0. The molecule has 0 aliphatic rings. The second kappa shape index (κ2) is 10.0. The van der Waals surface area contributed by atoms with E-state index in [4.69, 9.17) is 21.1 Å². The predicted molar refractivity (Wildman–Crippen MR) is 56.1 cm³/mol. The second-order valence-electron chi connectivity index (χ2n) is 2.53. The number of hydrogen-bond acceptors (Lipinski definition) is 2. The van der Waals surface area contributed by atoms with Crippen LogP contribution in [0.4, 0.5) is 0 Å². The quantitative estimate of drug-likeness (QED) is 0.345. The first kappa shape index (κ1) is 12.9. The first-order valence-electron chi connectivity index (χ1n) is 4.79. The molecular formula is C10H19ClO2. The van der Waals surface area contributed by atoms with E-state index in [1.807, 2.05) is 13.8 Å². The van der Waals surface area contributed by atoms with Crippen LogP contribution in [-0.2, 0) is 9.47 Å². The minimum absolute atomic E-state index is 0.0958. The number of rotatable bonds is 8. The molecule has 0 aliphatic carbocycles. The lowest BCUT2D eigenvalue weighted by molar-refractivity contribution is -0.133. The zero-order valence-electron chi connectivity index (χ0n) is 8.46. The van der Waals surface area contributed by atoms with Gasteiger partial charge in [0.05, 0.1) is 0 Å². The van der Waals surface area contributed by atoms with Gasteiger partial charge in [0.25, 0.3) is 0 Å². The Hall–Kier alpha value is -0.0500. The Bertz CT molecular complexity index is 120. The van der Waals surface area contributed by atoms with Crippen LogP contribution in [0.25, 0.3) is 0 Å². The third kappa shape index (κ3) is 8.28. The average Bonchev–Trinajstić information content (AvgIpc) is 2.13. The molecule has 0 aliphatic heterocycles. The van der Waals surface area contributed by atoms with Crippen LogP contribution in [0.1, 0.15) is 26.7 Å². The lowest BCUT2D eigenvalue weighted by atomic mass is 10.3. The maximum atomic E-state index is 5.53.